The zero-order valence-electron chi connectivity index (χ0n) is 7.17. The van der Waals surface area contributed by atoms with E-state index in [2.05, 4.69) is 13.5 Å². The van der Waals surface area contributed by atoms with Gasteiger partial charge in [0.05, 0.1) is 5.70 Å². The molecule has 0 saturated carbocycles. The zero-order valence-corrected chi connectivity index (χ0v) is 7.17. The molecule has 0 aromatic heterocycles. The van der Waals surface area contributed by atoms with Crippen LogP contribution in [0.5, 0.6) is 0 Å². The van der Waals surface area contributed by atoms with Gasteiger partial charge in [0.25, 0.3) is 0 Å². The molecule has 1 aromatic carbocycles. The third-order valence-electron chi connectivity index (χ3n) is 1.85. The second-order valence-corrected chi connectivity index (χ2v) is 2.64. The molecule has 0 amide bonds. The van der Waals surface area contributed by atoms with Crippen molar-refractivity contribution in [3.05, 3.63) is 42.0 Å². The van der Waals surface area contributed by atoms with Crippen LogP contribution in [0.4, 0.5) is 0 Å². The summed E-state index contributed by atoms with van der Waals surface area (Å²) < 4.78 is 0. The molecule has 0 aliphatic rings. The Morgan fingerprint density at radius 1 is 1.42 bits per heavy atom. The van der Waals surface area contributed by atoms with Crippen LogP contribution < -0.4 is 5.48 Å². The Balaban J connectivity index is 2.84. The van der Waals surface area contributed by atoms with E-state index < -0.39 is 0 Å². The number of hydrogen-bond acceptors (Lipinski definition) is 2. The van der Waals surface area contributed by atoms with Crippen molar-refractivity contribution in [2.24, 2.45) is 0 Å². The van der Waals surface area contributed by atoms with Crippen molar-refractivity contribution in [2.45, 2.75) is 13.3 Å². The molecule has 0 aliphatic carbocycles. The monoisotopic (exact) mass is 163 g/mol. The van der Waals surface area contributed by atoms with Crippen LogP contribution in [0.3, 0.4) is 0 Å². The van der Waals surface area contributed by atoms with Crippen LogP contribution in [0.25, 0.3) is 5.70 Å². The van der Waals surface area contributed by atoms with Crippen LogP contribution in [0.2, 0.25) is 0 Å². The molecule has 0 heterocycles. The summed E-state index contributed by atoms with van der Waals surface area (Å²) in [5.41, 5.74) is 4.74. The molecule has 1 rings (SSSR count). The van der Waals surface area contributed by atoms with Crippen LogP contribution in [0.1, 0.15) is 18.1 Å². The molecule has 0 unspecified atom stereocenters. The third kappa shape index (κ3) is 1.86. The quantitative estimate of drug-likeness (QED) is 0.669. The first kappa shape index (κ1) is 8.81. The van der Waals surface area contributed by atoms with Crippen LogP contribution >= 0.6 is 0 Å². The zero-order chi connectivity index (χ0) is 8.97. The van der Waals surface area contributed by atoms with Gasteiger partial charge in [0.1, 0.15) is 0 Å². The average Bonchev–Trinajstić information content (AvgIpc) is 2.17. The number of nitrogens with one attached hydrogen (secondary N) is 1. The van der Waals surface area contributed by atoms with E-state index >= 15 is 0 Å². The van der Waals surface area contributed by atoms with E-state index in [-0.39, 0.29) is 0 Å². The van der Waals surface area contributed by atoms with Crippen LogP contribution in [-0.2, 0) is 6.42 Å². The Morgan fingerprint density at radius 3 is 2.42 bits per heavy atom. The molecule has 0 spiro atoms. The molecule has 0 radical (unpaired) electrons. The van der Waals surface area contributed by atoms with Gasteiger partial charge in [-0.25, -0.2) is 0 Å². The van der Waals surface area contributed by atoms with Gasteiger partial charge in [-0.1, -0.05) is 37.8 Å². The summed E-state index contributed by atoms with van der Waals surface area (Å²) in [6.07, 6.45) is 1.03. The van der Waals surface area contributed by atoms with Crippen LogP contribution in [-0.4, -0.2) is 5.21 Å². The van der Waals surface area contributed by atoms with Crippen molar-refractivity contribution in [2.75, 3.05) is 0 Å². The molecule has 0 fully saturated rings. The molecular weight excluding hydrogens is 150 g/mol. The Morgan fingerprint density at radius 2 is 2.00 bits per heavy atom. The van der Waals surface area contributed by atoms with Crippen molar-refractivity contribution < 1.29 is 5.21 Å². The third-order valence-corrected chi connectivity index (χ3v) is 1.85. The molecule has 0 saturated heterocycles. The molecule has 2 heteroatoms. The summed E-state index contributed by atoms with van der Waals surface area (Å²) in [5.74, 6) is 0. The van der Waals surface area contributed by atoms with Gasteiger partial charge in [0.2, 0.25) is 0 Å². The number of benzene rings is 1. The second kappa shape index (κ2) is 3.93. The normalized spacial score (nSPS) is 9.50. The lowest BCUT2D eigenvalue weighted by Crippen LogP contribution is -2.03. The molecule has 0 aliphatic heterocycles. The molecular formula is C10H13NO. The van der Waals surface area contributed by atoms with E-state index in [1.807, 2.05) is 29.7 Å². The fourth-order valence-electron chi connectivity index (χ4n) is 1.01. The van der Waals surface area contributed by atoms with Gasteiger partial charge >= 0.3 is 0 Å². The largest absolute Gasteiger partial charge is 0.291 e. The first-order valence-corrected chi connectivity index (χ1v) is 3.96. The van der Waals surface area contributed by atoms with Crippen LogP contribution in [0.15, 0.2) is 30.8 Å². The van der Waals surface area contributed by atoms with Gasteiger partial charge in [-0.15, -0.1) is 0 Å². The fourth-order valence-corrected chi connectivity index (χ4v) is 1.01. The minimum atomic E-state index is 0.526. The van der Waals surface area contributed by atoms with E-state index in [0.717, 1.165) is 12.0 Å². The molecule has 1 aromatic rings. The van der Waals surface area contributed by atoms with Crippen LogP contribution in [0, 0.1) is 0 Å². The van der Waals surface area contributed by atoms with Gasteiger partial charge in [-0.2, -0.15) is 0 Å². The predicted molar refractivity (Wildman–Crippen MR) is 49.8 cm³/mol. The van der Waals surface area contributed by atoms with Crippen molar-refractivity contribution in [1.29, 1.82) is 0 Å². The summed E-state index contributed by atoms with van der Waals surface area (Å²) in [5, 5.41) is 8.57. The molecule has 2 nitrogen and oxygen atoms in total. The number of hydroxylamine groups is 1. The van der Waals surface area contributed by atoms with E-state index in [1.165, 1.54) is 5.56 Å². The lowest BCUT2D eigenvalue weighted by Gasteiger charge is -2.03. The summed E-state index contributed by atoms with van der Waals surface area (Å²) in [6, 6.07) is 7.92. The van der Waals surface area contributed by atoms with Crippen molar-refractivity contribution in [1.82, 2.24) is 5.48 Å². The van der Waals surface area contributed by atoms with Gasteiger partial charge < -0.3 is 0 Å². The summed E-state index contributed by atoms with van der Waals surface area (Å²) in [4.78, 5) is 0. The maximum absolute atomic E-state index is 8.57. The van der Waals surface area contributed by atoms with E-state index in [9.17, 15) is 0 Å². The lowest BCUT2D eigenvalue weighted by atomic mass is 10.1. The predicted octanol–water partition coefficient (Wildman–Crippen LogP) is 2.20. The van der Waals surface area contributed by atoms with Gasteiger partial charge in [0.15, 0.2) is 0 Å². The molecule has 0 bridgehead atoms. The van der Waals surface area contributed by atoms with Gasteiger partial charge in [0, 0.05) is 0 Å². The smallest absolute Gasteiger partial charge is 0.0602 e. The van der Waals surface area contributed by atoms with Gasteiger partial charge in [-0.05, 0) is 17.5 Å². The van der Waals surface area contributed by atoms with E-state index in [0.29, 0.717) is 5.70 Å². The highest BCUT2D eigenvalue weighted by molar-refractivity contribution is 5.60. The second-order valence-electron chi connectivity index (χ2n) is 2.64. The van der Waals surface area contributed by atoms with Crippen molar-refractivity contribution in [3.8, 4) is 0 Å². The molecule has 64 valence electrons. The Hall–Kier alpha value is -1.28. The van der Waals surface area contributed by atoms with E-state index in [4.69, 9.17) is 5.21 Å². The summed E-state index contributed by atoms with van der Waals surface area (Å²) in [7, 11) is 0. The SMILES string of the molecule is C=C(NO)c1ccc(CC)cc1. The average molecular weight is 163 g/mol. The Bertz CT molecular complexity index is 264. The standard InChI is InChI=1S/C10H13NO/c1-3-9-4-6-10(7-5-9)8(2)11-12/h4-7,11-12H,2-3H2,1H3. The molecule has 0 atom stereocenters. The Kier molecular flexibility index (Phi) is 2.88. The van der Waals surface area contributed by atoms with Crippen molar-refractivity contribution >= 4 is 5.70 Å². The minimum Gasteiger partial charge on any atom is -0.291 e. The molecule has 2 N–H and O–H groups in total. The topological polar surface area (TPSA) is 32.3 Å². The maximum Gasteiger partial charge on any atom is 0.0602 e. The van der Waals surface area contributed by atoms with Crippen molar-refractivity contribution in [3.63, 3.8) is 0 Å². The first-order chi connectivity index (χ1) is 5.77. The number of hydrogen-bond donors (Lipinski definition) is 2. The highest BCUT2D eigenvalue weighted by Crippen LogP contribution is 2.10. The first-order valence-electron chi connectivity index (χ1n) is 3.96. The summed E-state index contributed by atoms with van der Waals surface area (Å²) in [6.45, 7) is 5.74. The Labute approximate surface area is 72.5 Å². The fraction of sp³-hybridized carbons (Fsp3) is 0.200. The minimum absolute atomic E-state index is 0.526. The summed E-state index contributed by atoms with van der Waals surface area (Å²) >= 11 is 0. The highest BCUT2D eigenvalue weighted by Gasteiger charge is 1.95. The van der Waals surface area contributed by atoms with Gasteiger partial charge in [-0.3, -0.25) is 10.7 Å². The maximum atomic E-state index is 8.57. The van der Waals surface area contributed by atoms with E-state index in [1.54, 1.807) is 0 Å². The number of rotatable bonds is 3. The molecule has 12 heavy (non-hydrogen) atoms. The highest BCUT2D eigenvalue weighted by atomic mass is 16.5. The lowest BCUT2D eigenvalue weighted by molar-refractivity contribution is 0.225. The number of aryl methyl sites for hydroxylation is 1.